The molecule has 108 valence electrons. The van der Waals surface area contributed by atoms with Crippen molar-refractivity contribution in [2.24, 2.45) is 0 Å². The van der Waals surface area contributed by atoms with Gasteiger partial charge in [0.05, 0.1) is 6.07 Å². The zero-order chi connectivity index (χ0) is 15.1. The van der Waals surface area contributed by atoms with Crippen LogP contribution in [0.15, 0.2) is 60.7 Å². The molecule has 2 aromatic carbocycles. The van der Waals surface area contributed by atoms with Crippen LogP contribution >= 0.6 is 0 Å². The second-order valence-electron chi connectivity index (χ2n) is 5.82. The van der Waals surface area contributed by atoms with Crippen LogP contribution in [0.25, 0.3) is 0 Å². The van der Waals surface area contributed by atoms with Crippen LogP contribution in [-0.4, -0.2) is 11.6 Å². The van der Waals surface area contributed by atoms with Crippen molar-refractivity contribution in [2.75, 3.05) is 0 Å². The summed E-state index contributed by atoms with van der Waals surface area (Å²) in [7, 11) is 0. The molecule has 0 aliphatic heterocycles. The second kappa shape index (κ2) is 7.06. The molecule has 0 heterocycles. The van der Waals surface area contributed by atoms with Crippen LogP contribution < -0.4 is 5.32 Å². The van der Waals surface area contributed by atoms with E-state index in [9.17, 15) is 5.26 Å². The van der Waals surface area contributed by atoms with E-state index in [2.05, 4.69) is 49.5 Å². The van der Waals surface area contributed by atoms with Crippen molar-refractivity contribution < 1.29 is 0 Å². The zero-order valence-electron chi connectivity index (χ0n) is 12.7. The molecule has 0 amide bonds. The van der Waals surface area contributed by atoms with Gasteiger partial charge in [0.15, 0.2) is 0 Å². The van der Waals surface area contributed by atoms with Gasteiger partial charge in [-0.15, -0.1) is 0 Å². The predicted molar refractivity (Wildman–Crippen MR) is 86.9 cm³/mol. The van der Waals surface area contributed by atoms with Gasteiger partial charge in [0, 0.05) is 18.9 Å². The molecule has 0 saturated heterocycles. The maximum Gasteiger partial charge on any atom is 0.115 e. The summed E-state index contributed by atoms with van der Waals surface area (Å²) in [5.41, 5.74) is 1.79. The minimum absolute atomic E-state index is 0.261. The molecule has 1 N–H and O–H groups in total. The van der Waals surface area contributed by atoms with E-state index in [-0.39, 0.29) is 6.04 Å². The Hall–Kier alpha value is -2.11. The molecular formula is C19H22N2. The first-order valence-corrected chi connectivity index (χ1v) is 7.40. The third-order valence-corrected chi connectivity index (χ3v) is 3.48. The molecule has 2 nitrogen and oxygen atoms in total. The molecule has 0 radical (unpaired) electrons. The number of benzene rings is 2. The van der Waals surface area contributed by atoms with Gasteiger partial charge in [-0.05, 0) is 25.0 Å². The molecule has 0 fully saturated rings. The highest BCUT2D eigenvalue weighted by atomic mass is 15.0. The number of nitrogens with zero attached hydrogens (tertiary/aromatic N) is 1. The third-order valence-electron chi connectivity index (χ3n) is 3.48. The average molecular weight is 278 g/mol. The molecule has 2 aromatic rings. The first kappa shape index (κ1) is 15.3. The van der Waals surface area contributed by atoms with Crippen molar-refractivity contribution >= 4 is 0 Å². The minimum atomic E-state index is -0.573. The van der Waals surface area contributed by atoms with Crippen LogP contribution in [0.2, 0.25) is 0 Å². The molecule has 0 unspecified atom stereocenters. The number of hydrogen-bond acceptors (Lipinski definition) is 2. The van der Waals surface area contributed by atoms with E-state index in [4.69, 9.17) is 0 Å². The molecular weight excluding hydrogens is 256 g/mol. The van der Waals surface area contributed by atoms with Gasteiger partial charge in [-0.1, -0.05) is 60.7 Å². The van der Waals surface area contributed by atoms with Gasteiger partial charge in [-0.3, -0.25) is 5.32 Å². The van der Waals surface area contributed by atoms with Gasteiger partial charge in [-0.25, -0.2) is 0 Å². The van der Waals surface area contributed by atoms with E-state index in [0.29, 0.717) is 12.8 Å². The van der Waals surface area contributed by atoms with Crippen molar-refractivity contribution in [3.05, 3.63) is 71.8 Å². The Labute approximate surface area is 127 Å². The largest absolute Gasteiger partial charge is 0.297 e. The van der Waals surface area contributed by atoms with Crippen molar-refractivity contribution in [3.8, 4) is 6.07 Å². The van der Waals surface area contributed by atoms with Crippen molar-refractivity contribution in [1.29, 1.82) is 5.26 Å². The fourth-order valence-electron chi connectivity index (χ4n) is 2.72. The Bertz CT molecular complexity index is 540. The summed E-state index contributed by atoms with van der Waals surface area (Å²) in [6, 6.07) is 23.2. The zero-order valence-corrected chi connectivity index (χ0v) is 12.7. The van der Waals surface area contributed by atoms with E-state index in [1.165, 1.54) is 11.1 Å². The van der Waals surface area contributed by atoms with E-state index in [0.717, 1.165) is 0 Å². The Balaban J connectivity index is 2.27. The third kappa shape index (κ3) is 4.44. The van der Waals surface area contributed by atoms with E-state index >= 15 is 0 Å². The molecule has 2 rings (SSSR count). The molecule has 0 atom stereocenters. The Morgan fingerprint density at radius 1 is 0.905 bits per heavy atom. The summed E-state index contributed by atoms with van der Waals surface area (Å²) in [5, 5.41) is 13.3. The lowest BCUT2D eigenvalue weighted by molar-refractivity contribution is 0.371. The fraction of sp³-hybridized carbons (Fsp3) is 0.316. The van der Waals surface area contributed by atoms with Crippen LogP contribution in [0.4, 0.5) is 0 Å². The molecule has 0 aliphatic rings. The lowest BCUT2D eigenvalue weighted by atomic mass is 9.85. The number of nitriles is 1. The summed E-state index contributed by atoms with van der Waals surface area (Å²) >= 11 is 0. The van der Waals surface area contributed by atoms with Crippen LogP contribution in [-0.2, 0) is 12.8 Å². The normalized spacial score (nSPS) is 11.3. The second-order valence-corrected chi connectivity index (χ2v) is 5.82. The maximum atomic E-state index is 9.84. The number of hydrogen-bond donors (Lipinski definition) is 1. The maximum absolute atomic E-state index is 9.84. The quantitative estimate of drug-likeness (QED) is 0.874. The first-order chi connectivity index (χ1) is 10.1. The van der Waals surface area contributed by atoms with Gasteiger partial charge in [-0.2, -0.15) is 5.26 Å². The topological polar surface area (TPSA) is 35.8 Å². The summed E-state index contributed by atoms with van der Waals surface area (Å²) in [4.78, 5) is 0. The van der Waals surface area contributed by atoms with Crippen LogP contribution in [0.1, 0.15) is 25.0 Å². The summed E-state index contributed by atoms with van der Waals surface area (Å²) < 4.78 is 0. The minimum Gasteiger partial charge on any atom is -0.297 e. The Morgan fingerprint density at radius 2 is 1.33 bits per heavy atom. The van der Waals surface area contributed by atoms with Crippen molar-refractivity contribution in [2.45, 2.75) is 38.3 Å². The first-order valence-electron chi connectivity index (χ1n) is 7.40. The number of rotatable bonds is 6. The molecule has 0 bridgehead atoms. The van der Waals surface area contributed by atoms with Crippen molar-refractivity contribution in [1.82, 2.24) is 5.32 Å². The lowest BCUT2D eigenvalue weighted by Crippen LogP contribution is -2.51. The monoisotopic (exact) mass is 278 g/mol. The average Bonchev–Trinajstić information content (AvgIpc) is 2.48. The Kier molecular flexibility index (Phi) is 5.14. The van der Waals surface area contributed by atoms with Gasteiger partial charge in [0.2, 0.25) is 0 Å². The fourth-order valence-corrected chi connectivity index (χ4v) is 2.72. The summed E-state index contributed by atoms with van der Waals surface area (Å²) in [5.74, 6) is 0. The summed E-state index contributed by atoms with van der Waals surface area (Å²) in [6.45, 7) is 4.17. The lowest BCUT2D eigenvalue weighted by Gasteiger charge is -2.30. The van der Waals surface area contributed by atoms with Gasteiger partial charge in [0.1, 0.15) is 5.54 Å². The molecule has 21 heavy (non-hydrogen) atoms. The van der Waals surface area contributed by atoms with E-state index in [1.807, 2.05) is 36.4 Å². The van der Waals surface area contributed by atoms with Gasteiger partial charge < -0.3 is 0 Å². The van der Waals surface area contributed by atoms with Gasteiger partial charge in [0.25, 0.3) is 0 Å². The van der Waals surface area contributed by atoms with Gasteiger partial charge >= 0.3 is 0 Å². The van der Waals surface area contributed by atoms with Crippen LogP contribution in [0, 0.1) is 11.3 Å². The smallest absolute Gasteiger partial charge is 0.115 e. The molecule has 0 aliphatic carbocycles. The Morgan fingerprint density at radius 3 is 1.67 bits per heavy atom. The highest BCUT2D eigenvalue weighted by molar-refractivity contribution is 5.27. The molecule has 0 saturated carbocycles. The molecule has 0 spiro atoms. The predicted octanol–water partition coefficient (Wildman–Crippen LogP) is 3.73. The van der Waals surface area contributed by atoms with E-state index < -0.39 is 5.54 Å². The SMILES string of the molecule is CC(C)NC(C#N)(Cc1ccccc1)Cc1ccccc1. The van der Waals surface area contributed by atoms with Crippen LogP contribution in [0.3, 0.4) is 0 Å². The van der Waals surface area contributed by atoms with Crippen molar-refractivity contribution in [3.63, 3.8) is 0 Å². The van der Waals surface area contributed by atoms with E-state index in [1.54, 1.807) is 0 Å². The highest BCUT2D eigenvalue weighted by Crippen LogP contribution is 2.20. The molecule has 0 aromatic heterocycles. The standard InChI is InChI=1S/C19H22N2/c1-16(2)21-19(15-20,13-17-9-5-3-6-10-17)14-18-11-7-4-8-12-18/h3-12,16,21H,13-14H2,1-2H3. The number of nitrogens with one attached hydrogen (secondary N) is 1. The van der Waals surface area contributed by atoms with Crippen LogP contribution in [0.5, 0.6) is 0 Å². The molecule has 2 heteroatoms. The summed E-state index contributed by atoms with van der Waals surface area (Å²) in [6.07, 6.45) is 1.41. The highest BCUT2D eigenvalue weighted by Gasteiger charge is 2.31.